The number of H-pyrrole nitrogens is 1. The lowest BCUT2D eigenvalue weighted by atomic mass is 10.3. The van der Waals surface area contributed by atoms with Gasteiger partial charge in [-0.3, -0.25) is 4.79 Å². The molecule has 2 rings (SSSR count). The van der Waals surface area contributed by atoms with E-state index in [4.69, 9.17) is 0 Å². The van der Waals surface area contributed by atoms with E-state index in [9.17, 15) is 4.79 Å². The van der Waals surface area contributed by atoms with Crippen molar-refractivity contribution in [1.82, 2.24) is 19.7 Å². The molecule has 0 fully saturated rings. The number of aromatic nitrogens is 4. The van der Waals surface area contributed by atoms with Gasteiger partial charge in [0, 0.05) is 18.9 Å². The Morgan fingerprint density at radius 2 is 2.37 bits per heavy atom. The van der Waals surface area contributed by atoms with Gasteiger partial charge >= 0.3 is 0 Å². The number of nitrogens with zero attached hydrogens (tertiary/aromatic N) is 3. The van der Waals surface area contributed by atoms with Crippen molar-refractivity contribution in [3.8, 4) is 0 Å². The van der Waals surface area contributed by atoms with E-state index in [0.717, 1.165) is 18.7 Å². The molecule has 2 aromatic heterocycles. The highest BCUT2D eigenvalue weighted by Gasteiger charge is 2.08. The summed E-state index contributed by atoms with van der Waals surface area (Å²) in [7, 11) is 0. The fourth-order valence-electron chi connectivity index (χ4n) is 1.63. The van der Waals surface area contributed by atoms with E-state index in [-0.39, 0.29) is 5.56 Å². The van der Waals surface area contributed by atoms with Gasteiger partial charge < -0.3 is 10.3 Å². The van der Waals surface area contributed by atoms with Gasteiger partial charge in [-0.15, -0.1) is 0 Å². The molecule has 19 heavy (non-hydrogen) atoms. The van der Waals surface area contributed by atoms with Gasteiger partial charge in [-0.25, -0.2) is 9.67 Å². The maximum absolute atomic E-state index is 12.0. The third-order valence-corrected chi connectivity index (χ3v) is 3.48. The van der Waals surface area contributed by atoms with E-state index in [1.54, 1.807) is 18.6 Å². The Morgan fingerprint density at radius 3 is 3.05 bits per heavy atom. The van der Waals surface area contributed by atoms with Gasteiger partial charge in [0.15, 0.2) is 0 Å². The summed E-state index contributed by atoms with van der Waals surface area (Å²) < 4.78 is 1.98. The van der Waals surface area contributed by atoms with Crippen LogP contribution in [0.5, 0.6) is 0 Å². The monoisotopic (exact) mass is 325 g/mol. The highest BCUT2D eigenvalue weighted by molar-refractivity contribution is 9.10. The first-order valence-electron chi connectivity index (χ1n) is 6.20. The van der Waals surface area contributed by atoms with E-state index in [1.165, 1.54) is 4.68 Å². The summed E-state index contributed by atoms with van der Waals surface area (Å²) in [4.78, 5) is 19.1. The van der Waals surface area contributed by atoms with E-state index in [0.29, 0.717) is 23.2 Å². The smallest absolute Gasteiger partial charge is 0.283 e. The normalized spacial score (nSPS) is 10.6. The van der Waals surface area contributed by atoms with Crippen LogP contribution in [0.2, 0.25) is 0 Å². The van der Waals surface area contributed by atoms with Crippen LogP contribution in [0.3, 0.4) is 0 Å². The van der Waals surface area contributed by atoms with Gasteiger partial charge in [0.2, 0.25) is 0 Å². The Morgan fingerprint density at radius 1 is 1.53 bits per heavy atom. The van der Waals surface area contributed by atoms with Crippen LogP contribution < -0.4 is 10.9 Å². The van der Waals surface area contributed by atoms with E-state index in [1.807, 2.05) is 0 Å². The zero-order valence-electron chi connectivity index (χ0n) is 10.7. The topological polar surface area (TPSA) is 75.6 Å². The third kappa shape index (κ3) is 3.44. The van der Waals surface area contributed by atoms with Crippen molar-refractivity contribution >= 4 is 21.6 Å². The van der Waals surface area contributed by atoms with Crippen molar-refractivity contribution in [2.75, 3.05) is 5.32 Å². The summed E-state index contributed by atoms with van der Waals surface area (Å²) in [6.45, 7) is 3.25. The zero-order chi connectivity index (χ0) is 13.7. The zero-order valence-corrected chi connectivity index (χ0v) is 12.3. The highest BCUT2D eigenvalue weighted by Crippen LogP contribution is 2.16. The average Bonchev–Trinajstić information content (AvgIpc) is 2.92. The summed E-state index contributed by atoms with van der Waals surface area (Å²) >= 11 is 3.32. The molecule has 0 radical (unpaired) electrons. The van der Waals surface area contributed by atoms with Gasteiger partial charge in [0.05, 0.1) is 18.4 Å². The van der Waals surface area contributed by atoms with Gasteiger partial charge in [-0.05, 0) is 22.4 Å². The molecule has 2 aromatic rings. The lowest BCUT2D eigenvalue weighted by Crippen LogP contribution is -2.24. The van der Waals surface area contributed by atoms with Gasteiger partial charge in [-0.2, -0.15) is 5.10 Å². The van der Waals surface area contributed by atoms with Crippen molar-refractivity contribution < 1.29 is 0 Å². The predicted octanol–water partition coefficient (Wildman–Crippen LogP) is 2.14. The molecule has 0 bridgehead atoms. The van der Waals surface area contributed by atoms with Crippen molar-refractivity contribution in [2.24, 2.45) is 0 Å². The average molecular weight is 326 g/mol. The van der Waals surface area contributed by atoms with Crippen LogP contribution in [0.15, 0.2) is 27.9 Å². The summed E-state index contributed by atoms with van der Waals surface area (Å²) in [5.74, 6) is 0.807. The van der Waals surface area contributed by atoms with E-state index < -0.39 is 0 Å². The molecule has 2 heterocycles. The van der Waals surface area contributed by atoms with Crippen molar-refractivity contribution in [3.63, 3.8) is 0 Å². The summed E-state index contributed by atoms with van der Waals surface area (Å²) in [6.07, 6.45) is 7.08. The first-order chi connectivity index (χ1) is 9.22. The molecular weight excluding hydrogens is 310 g/mol. The van der Waals surface area contributed by atoms with E-state index in [2.05, 4.69) is 43.2 Å². The van der Waals surface area contributed by atoms with Gasteiger partial charge in [-0.1, -0.05) is 13.3 Å². The Bertz CT molecular complexity index is 578. The Balaban J connectivity index is 2.09. The quantitative estimate of drug-likeness (QED) is 0.853. The molecule has 0 spiro atoms. The van der Waals surface area contributed by atoms with Crippen LogP contribution in [0.1, 0.15) is 25.6 Å². The fraction of sp³-hybridized carbons (Fsp3) is 0.417. The van der Waals surface area contributed by atoms with Gasteiger partial charge in [0.25, 0.3) is 5.56 Å². The number of aryl methyl sites for hydroxylation is 1. The van der Waals surface area contributed by atoms with Crippen LogP contribution in [0, 0.1) is 0 Å². The van der Waals surface area contributed by atoms with Crippen molar-refractivity contribution in [1.29, 1.82) is 0 Å². The number of nitrogens with one attached hydrogen (secondary N) is 2. The Hall–Kier alpha value is -1.63. The lowest BCUT2D eigenvalue weighted by Gasteiger charge is -2.09. The molecule has 0 saturated heterocycles. The largest absolute Gasteiger partial charge is 0.375 e. The predicted molar refractivity (Wildman–Crippen MR) is 77.0 cm³/mol. The molecule has 0 aliphatic carbocycles. The number of halogens is 1. The number of hydrogen-bond acceptors (Lipinski definition) is 4. The van der Waals surface area contributed by atoms with E-state index >= 15 is 0 Å². The molecule has 0 aliphatic heterocycles. The molecule has 0 atom stereocenters. The van der Waals surface area contributed by atoms with Crippen LogP contribution in [-0.4, -0.2) is 19.7 Å². The SMILES string of the molecule is CCCCn1ncc(NCc2ncc[nH]2)c(Br)c1=O. The Labute approximate surface area is 119 Å². The summed E-state index contributed by atoms with van der Waals surface area (Å²) in [5, 5.41) is 7.28. The van der Waals surface area contributed by atoms with Gasteiger partial charge in [0.1, 0.15) is 10.3 Å². The van der Waals surface area contributed by atoms with Crippen molar-refractivity contribution in [3.05, 3.63) is 39.2 Å². The summed E-state index contributed by atoms with van der Waals surface area (Å²) in [5.41, 5.74) is 0.562. The number of unbranched alkanes of at least 4 members (excludes halogenated alkanes) is 1. The maximum Gasteiger partial charge on any atom is 0.283 e. The van der Waals surface area contributed by atoms with Crippen LogP contribution in [0.25, 0.3) is 0 Å². The molecule has 0 aromatic carbocycles. The number of aromatic amines is 1. The fourth-order valence-corrected chi connectivity index (χ4v) is 2.08. The number of anilines is 1. The highest BCUT2D eigenvalue weighted by atomic mass is 79.9. The minimum atomic E-state index is -0.113. The van der Waals surface area contributed by atoms with Crippen molar-refractivity contribution in [2.45, 2.75) is 32.9 Å². The second-order valence-corrected chi connectivity index (χ2v) is 4.94. The van der Waals surface area contributed by atoms with Crippen LogP contribution in [-0.2, 0) is 13.1 Å². The molecule has 0 amide bonds. The second kappa shape index (κ2) is 6.51. The number of imidazole rings is 1. The Kier molecular flexibility index (Phi) is 4.73. The molecule has 0 unspecified atom stereocenters. The molecule has 7 heteroatoms. The second-order valence-electron chi connectivity index (χ2n) is 4.14. The first kappa shape index (κ1) is 13.8. The lowest BCUT2D eigenvalue weighted by molar-refractivity contribution is 0.541. The summed E-state index contributed by atoms with van der Waals surface area (Å²) in [6, 6.07) is 0. The molecule has 6 nitrogen and oxygen atoms in total. The molecular formula is C12H16BrN5O. The standard InChI is InChI=1S/C12H16BrN5O/c1-2-3-6-18-12(19)11(13)9(7-17-18)16-8-10-14-4-5-15-10/h4-5,7,16H,2-3,6,8H2,1H3,(H,14,15). The third-order valence-electron chi connectivity index (χ3n) is 2.71. The maximum atomic E-state index is 12.0. The molecule has 0 saturated carbocycles. The van der Waals surface area contributed by atoms with Crippen LogP contribution >= 0.6 is 15.9 Å². The molecule has 102 valence electrons. The first-order valence-corrected chi connectivity index (χ1v) is 6.99. The molecule has 2 N–H and O–H groups in total. The number of hydrogen-bond donors (Lipinski definition) is 2. The minimum absolute atomic E-state index is 0.113. The van der Waals surface area contributed by atoms with Crippen LogP contribution in [0.4, 0.5) is 5.69 Å². The number of rotatable bonds is 6. The minimum Gasteiger partial charge on any atom is -0.375 e. The molecule has 0 aliphatic rings.